The Hall–Kier alpha value is -5.15. The SMILES string of the molecule is Nc1c(C(=O)c2ccc(OC(F)F)cc2)sc(Nc2ccc(OC(F)F)cc2)c1-c1nnc(N2CCOCC2)n1-c1ccccc1. The van der Waals surface area contributed by atoms with Crippen LogP contribution in [0, 0.1) is 0 Å². The Balaban J connectivity index is 1.46. The summed E-state index contributed by atoms with van der Waals surface area (Å²) in [6.07, 6.45) is 0. The number of para-hydroxylation sites is 1. The summed E-state index contributed by atoms with van der Waals surface area (Å²) in [6, 6.07) is 20.5. The van der Waals surface area contributed by atoms with Crippen molar-refractivity contribution in [1.82, 2.24) is 14.8 Å². The van der Waals surface area contributed by atoms with Crippen LogP contribution in [0.4, 0.5) is 39.9 Å². The molecule has 0 aliphatic carbocycles. The Bertz CT molecular complexity index is 1790. The quantitative estimate of drug-likeness (QED) is 0.120. The van der Waals surface area contributed by atoms with E-state index in [4.69, 9.17) is 10.5 Å². The number of anilines is 4. The predicted octanol–water partition coefficient (Wildman–Crippen LogP) is 6.59. The molecule has 0 bridgehead atoms. The van der Waals surface area contributed by atoms with Gasteiger partial charge in [-0.05, 0) is 60.7 Å². The van der Waals surface area contributed by atoms with E-state index in [1.807, 2.05) is 39.8 Å². The minimum Gasteiger partial charge on any atom is -0.435 e. The van der Waals surface area contributed by atoms with Crippen LogP contribution in [-0.4, -0.2) is 60.1 Å². The van der Waals surface area contributed by atoms with Crippen molar-refractivity contribution in [2.24, 2.45) is 0 Å². The molecular formula is C31H26F4N6O4S. The molecule has 0 radical (unpaired) electrons. The van der Waals surface area contributed by atoms with E-state index in [1.54, 1.807) is 12.1 Å². The molecular weight excluding hydrogens is 628 g/mol. The molecule has 1 fully saturated rings. The van der Waals surface area contributed by atoms with Gasteiger partial charge in [0.15, 0.2) is 5.82 Å². The number of rotatable bonds is 11. The zero-order valence-corrected chi connectivity index (χ0v) is 24.7. The molecule has 0 spiro atoms. The normalized spacial score (nSPS) is 13.3. The first-order chi connectivity index (χ1) is 22.3. The summed E-state index contributed by atoms with van der Waals surface area (Å²) in [5.41, 5.74) is 8.68. The van der Waals surface area contributed by atoms with E-state index < -0.39 is 19.0 Å². The minimum absolute atomic E-state index is 0.0272. The topological polar surface area (TPSA) is 117 Å². The van der Waals surface area contributed by atoms with Crippen LogP contribution in [-0.2, 0) is 4.74 Å². The maximum Gasteiger partial charge on any atom is 0.387 e. The molecule has 0 unspecified atom stereocenters. The monoisotopic (exact) mass is 654 g/mol. The first-order valence-electron chi connectivity index (χ1n) is 14.0. The number of ether oxygens (including phenoxy) is 3. The van der Waals surface area contributed by atoms with Crippen LogP contribution < -0.4 is 25.4 Å². The Morgan fingerprint density at radius 3 is 2.09 bits per heavy atom. The number of carbonyl (C=O) groups excluding carboxylic acids is 1. The van der Waals surface area contributed by atoms with E-state index in [0.717, 1.165) is 17.0 Å². The highest BCUT2D eigenvalue weighted by atomic mass is 32.1. The molecule has 0 saturated carbocycles. The highest BCUT2D eigenvalue weighted by Gasteiger charge is 2.30. The lowest BCUT2D eigenvalue weighted by Gasteiger charge is -2.28. The molecule has 0 atom stereocenters. The van der Waals surface area contributed by atoms with Crippen molar-refractivity contribution >= 4 is 39.4 Å². The third-order valence-electron chi connectivity index (χ3n) is 7.01. The largest absolute Gasteiger partial charge is 0.435 e. The summed E-state index contributed by atoms with van der Waals surface area (Å²) in [4.78, 5) is 16.0. The molecule has 15 heteroatoms. The molecule has 1 saturated heterocycles. The number of hydrogen-bond donors (Lipinski definition) is 2. The van der Waals surface area contributed by atoms with Gasteiger partial charge in [-0.2, -0.15) is 17.6 Å². The van der Waals surface area contributed by atoms with Gasteiger partial charge in [-0.25, -0.2) is 0 Å². The van der Waals surface area contributed by atoms with Gasteiger partial charge in [0.25, 0.3) is 0 Å². The predicted molar refractivity (Wildman–Crippen MR) is 165 cm³/mol. The molecule has 3 heterocycles. The Labute approximate surface area is 263 Å². The lowest BCUT2D eigenvalue weighted by molar-refractivity contribution is -0.0505. The van der Waals surface area contributed by atoms with E-state index in [9.17, 15) is 22.4 Å². The summed E-state index contributed by atoms with van der Waals surface area (Å²) in [5, 5.41) is 12.7. The van der Waals surface area contributed by atoms with Crippen LogP contribution in [0.3, 0.4) is 0 Å². The molecule has 6 rings (SSSR count). The standard InChI is InChI=1S/C31H26F4N6O4S/c32-29(33)44-21-10-6-18(7-11-21)25(42)26-24(36)23(28(46-26)37-19-8-12-22(13-9-19)45-30(34)35)27-38-39-31(40-14-16-43-17-15-40)41(27)20-4-2-1-3-5-20/h1-13,29-30,37H,14-17,36H2. The average Bonchev–Trinajstić information content (AvgIpc) is 3.63. The van der Waals surface area contributed by atoms with E-state index in [2.05, 4.69) is 25.0 Å². The van der Waals surface area contributed by atoms with Gasteiger partial charge in [0.05, 0.1) is 30.2 Å². The maximum atomic E-state index is 13.8. The van der Waals surface area contributed by atoms with Crippen molar-refractivity contribution in [2.45, 2.75) is 13.2 Å². The highest BCUT2D eigenvalue weighted by molar-refractivity contribution is 7.19. The van der Waals surface area contributed by atoms with Crippen molar-refractivity contribution in [2.75, 3.05) is 42.3 Å². The van der Waals surface area contributed by atoms with Crippen molar-refractivity contribution in [1.29, 1.82) is 0 Å². The van der Waals surface area contributed by atoms with Gasteiger partial charge in [0.2, 0.25) is 11.7 Å². The average molecular weight is 655 g/mol. The van der Waals surface area contributed by atoms with Crippen molar-refractivity contribution in [3.63, 3.8) is 0 Å². The number of halogens is 4. The number of morpholine rings is 1. The van der Waals surface area contributed by atoms with Gasteiger partial charge in [-0.15, -0.1) is 21.5 Å². The van der Waals surface area contributed by atoms with Crippen LogP contribution >= 0.6 is 11.3 Å². The molecule has 1 aliphatic heterocycles. The number of ketones is 1. The lowest BCUT2D eigenvalue weighted by atomic mass is 10.1. The second kappa shape index (κ2) is 13.5. The molecule has 46 heavy (non-hydrogen) atoms. The summed E-state index contributed by atoms with van der Waals surface area (Å²) >= 11 is 1.05. The molecule has 3 N–H and O–H groups in total. The summed E-state index contributed by atoms with van der Waals surface area (Å²) < 4.78 is 67.0. The van der Waals surface area contributed by atoms with Gasteiger partial charge >= 0.3 is 13.2 Å². The number of hydrogen-bond acceptors (Lipinski definition) is 10. The van der Waals surface area contributed by atoms with E-state index in [1.165, 1.54) is 36.4 Å². The van der Waals surface area contributed by atoms with Crippen molar-refractivity contribution in [3.8, 4) is 28.6 Å². The number of nitrogens with one attached hydrogen (secondary N) is 1. The Morgan fingerprint density at radius 2 is 1.48 bits per heavy atom. The van der Waals surface area contributed by atoms with Crippen LogP contribution in [0.5, 0.6) is 11.5 Å². The van der Waals surface area contributed by atoms with E-state index >= 15 is 0 Å². The molecule has 5 aromatic rings. The third-order valence-corrected chi connectivity index (χ3v) is 8.13. The summed E-state index contributed by atoms with van der Waals surface area (Å²) in [7, 11) is 0. The summed E-state index contributed by atoms with van der Waals surface area (Å²) in [6.45, 7) is -3.80. The zero-order valence-electron chi connectivity index (χ0n) is 23.9. The fourth-order valence-corrected chi connectivity index (χ4v) is 6.01. The number of aromatic nitrogens is 3. The molecule has 2 aromatic heterocycles. The van der Waals surface area contributed by atoms with Gasteiger partial charge in [-0.1, -0.05) is 18.2 Å². The summed E-state index contributed by atoms with van der Waals surface area (Å²) in [5.74, 6) is 0.318. The van der Waals surface area contributed by atoms with Crippen LogP contribution in [0.15, 0.2) is 78.9 Å². The van der Waals surface area contributed by atoms with Gasteiger partial charge in [-0.3, -0.25) is 9.36 Å². The zero-order chi connectivity index (χ0) is 32.2. The molecule has 0 amide bonds. The van der Waals surface area contributed by atoms with Crippen LogP contribution in [0.25, 0.3) is 17.1 Å². The number of nitrogens with two attached hydrogens (primary N) is 1. The first kappa shape index (κ1) is 30.9. The van der Waals surface area contributed by atoms with Crippen molar-refractivity contribution < 1.29 is 36.6 Å². The van der Waals surface area contributed by atoms with Gasteiger partial charge < -0.3 is 30.2 Å². The van der Waals surface area contributed by atoms with Crippen molar-refractivity contribution in [3.05, 3.63) is 89.3 Å². The third kappa shape index (κ3) is 6.60. The van der Waals surface area contributed by atoms with E-state index in [-0.39, 0.29) is 27.6 Å². The smallest absolute Gasteiger partial charge is 0.387 e. The Kier molecular flexibility index (Phi) is 9.03. The number of alkyl halides is 4. The fraction of sp³-hybridized carbons (Fsp3) is 0.194. The maximum absolute atomic E-state index is 13.8. The lowest BCUT2D eigenvalue weighted by Crippen LogP contribution is -2.37. The number of carbonyl (C=O) groups is 1. The highest BCUT2D eigenvalue weighted by Crippen LogP contribution is 2.46. The number of benzene rings is 3. The van der Waals surface area contributed by atoms with Gasteiger partial charge in [0, 0.05) is 24.3 Å². The van der Waals surface area contributed by atoms with Crippen LogP contribution in [0.2, 0.25) is 0 Å². The number of nitrogen functional groups attached to an aromatic ring is 1. The molecule has 238 valence electrons. The van der Waals surface area contributed by atoms with E-state index in [0.29, 0.717) is 54.3 Å². The second-order valence-electron chi connectivity index (χ2n) is 9.90. The minimum atomic E-state index is -3.01. The number of thiophene rings is 1. The molecule has 1 aliphatic rings. The number of nitrogens with zero attached hydrogens (tertiary/aromatic N) is 4. The first-order valence-corrected chi connectivity index (χ1v) is 14.8. The fourth-order valence-electron chi connectivity index (χ4n) is 4.91. The Morgan fingerprint density at radius 1 is 0.870 bits per heavy atom. The van der Waals surface area contributed by atoms with Crippen LogP contribution in [0.1, 0.15) is 15.2 Å². The molecule has 10 nitrogen and oxygen atoms in total. The van der Waals surface area contributed by atoms with Gasteiger partial charge in [0.1, 0.15) is 21.4 Å². The molecule has 3 aromatic carbocycles. The second-order valence-corrected chi connectivity index (χ2v) is 10.9.